The summed E-state index contributed by atoms with van der Waals surface area (Å²) in [5.74, 6) is -0.535. The molecule has 2 rings (SSSR count). The van der Waals surface area contributed by atoms with E-state index < -0.39 is 31.9 Å². The molecule has 0 aliphatic rings. The fourth-order valence-corrected chi connectivity index (χ4v) is 2.35. The Bertz CT molecular complexity index is 976. The lowest BCUT2D eigenvalue weighted by Gasteiger charge is -2.07. The van der Waals surface area contributed by atoms with Gasteiger partial charge in [-0.2, -0.15) is 8.42 Å². The number of hydrogen-bond donors (Lipinski definition) is 4. The molecule has 1 heterocycles. The molecule has 11 nitrogen and oxygen atoms in total. The van der Waals surface area contributed by atoms with Crippen LogP contribution in [-0.2, 0) is 16.7 Å². The number of benzene rings is 1. The lowest BCUT2D eigenvalue weighted by atomic mass is 10.1. The first-order valence-electron chi connectivity index (χ1n) is 6.27. The average molecular weight is 344 g/mol. The van der Waals surface area contributed by atoms with Crippen LogP contribution >= 0.6 is 0 Å². The number of aromatic amines is 2. The van der Waals surface area contributed by atoms with Gasteiger partial charge in [-0.15, -0.1) is 0 Å². The lowest BCUT2D eigenvalue weighted by molar-refractivity contribution is -0.384. The van der Waals surface area contributed by atoms with E-state index >= 15 is 0 Å². The highest BCUT2D eigenvalue weighted by Gasteiger charge is 2.14. The molecule has 0 spiro atoms. The van der Waals surface area contributed by atoms with Crippen LogP contribution in [0.1, 0.15) is 5.56 Å². The van der Waals surface area contributed by atoms with Crippen LogP contribution in [-0.4, -0.2) is 40.2 Å². The van der Waals surface area contributed by atoms with Gasteiger partial charge in [0, 0.05) is 25.2 Å². The normalized spacial score (nSPS) is 11.7. The Hall–Kier alpha value is -2.57. The molecule has 1 aromatic heterocycles. The maximum absolute atomic E-state index is 11.4. The summed E-state index contributed by atoms with van der Waals surface area (Å²) < 4.78 is 29.9. The summed E-state index contributed by atoms with van der Waals surface area (Å²) in [6, 6.07) is 2.30. The van der Waals surface area contributed by atoms with Crippen molar-refractivity contribution < 1.29 is 17.9 Å². The molecule has 0 bridgehead atoms. The van der Waals surface area contributed by atoms with Crippen LogP contribution in [0.15, 0.2) is 21.7 Å². The molecule has 0 amide bonds. The molecule has 12 heteroatoms. The molecule has 124 valence electrons. The van der Waals surface area contributed by atoms with Crippen LogP contribution in [0.2, 0.25) is 0 Å². The number of fused-ring (bicyclic) bond motifs is 1. The maximum Gasteiger partial charge on any atom is 0.314 e. The largest absolute Gasteiger partial charge is 0.316 e. The number of nitrogens with zero attached hydrogens (tertiary/aromatic N) is 1. The molecule has 0 aliphatic heterocycles. The van der Waals surface area contributed by atoms with E-state index in [1.807, 2.05) is 0 Å². The lowest BCUT2D eigenvalue weighted by Crippen LogP contribution is -2.29. The van der Waals surface area contributed by atoms with Gasteiger partial charge in [0.25, 0.3) is 15.8 Å². The smallest absolute Gasteiger partial charge is 0.314 e. The first-order valence-corrected chi connectivity index (χ1v) is 7.88. The number of H-pyrrole nitrogens is 2. The van der Waals surface area contributed by atoms with Crippen molar-refractivity contribution in [1.82, 2.24) is 15.3 Å². The Morgan fingerprint density at radius 2 is 1.87 bits per heavy atom. The monoisotopic (exact) mass is 344 g/mol. The number of nitro benzene ring substituents is 1. The van der Waals surface area contributed by atoms with Gasteiger partial charge in [0.05, 0.1) is 21.7 Å². The predicted molar refractivity (Wildman–Crippen MR) is 80.0 cm³/mol. The van der Waals surface area contributed by atoms with Crippen molar-refractivity contribution in [2.75, 3.05) is 12.3 Å². The van der Waals surface area contributed by atoms with Crippen LogP contribution in [0.3, 0.4) is 0 Å². The highest BCUT2D eigenvalue weighted by atomic mass is 32.2. The summed E-state index contributed by atoms with van der Waals surface area (Å²) in [7, 11) is -4.13. The predicted octanol–water partition coefficient (Wildman–Crippen LogP) is -0.898. The molecule has 4 N–H and O–H groups in total. The van der Waals surface area contributed by atoms with Gasteiger partial charge in [-0.1, -0.05) is 0 Å². The van der Waals surface area contributed by atoms with Gasteiger partial charge >= 0.3 is 11.1 Å². The molecule has 0 fully saturated rings. The summed E-state index contributed by atoms with van der Waals surface area (Å²) in [6.07, 6.45) is 0. The fourth-order valence-electron chi connectivity index (χ4n) is 1.95. The van der Waals surface area contributed by atoms with Crippen LogP contribution in [0.4, 0.5) is 5.69 Å². The molecule has 23 heavy (non-hydrogen) atoms. The van der Waals surface area contributed by atoms with Crippen molar-refractivity contribution >= 4 is 26.8 Å². The second kappa shape index (κ2) is 6.28. The summed E-state index contributed by atoms with van der Waals surface area (Å²) in [5.41, 5.74) is -1.59. The van der Waals surface area contributed by atoms with Crippen LogP contribution in [0, 0.1) is 10.1 Å². The molecule has 0 unspecified atom stereocenters. The number of non-ortho nitro benzene ring substituents is 1. The second-order valence-corrected chi connectivity index (χ2v) is 6.23. The van der Waals surface area contributed by atoms with E-state index in [9.17, 15) is 28.1 Å². The standard InChI is InChI=1S/C11H12N4O7S/c16-10-11(17)14-9-6(5-12-1-2-23(20,21)22)3-7(15(18)19)4-8(9)13-10/h3-4,12H,1-2,5H2,(H,13,16)(H,14,17)(H,20,21,22). The first kappa shape index (κ1) is 16.8. The highest BCUT2D eigenvalue weighted by molar-refractivity contribution is 7.85. The van der Waals surface area contributed by atoms with Gasteiger partial charge in [0.1, 0.15) is 0 Å². The fraction of sp³-hybridized carbons (Fsp3) is 0.273. The first-order chi connectivity index (χ1) is 10.7. The van der Waals surface area contributed by atoms with Crippen LogP contribution < -0.4 is 16.4 Å². The van der Waals surface area contributed by atoms with Crippen LogP contribution in [0.25, 0.3) is 11.0 Å². The number of rotatable bonds is 6. The van der Waals surface area contributed by atoms with Crippen molar-refractivity contribution in [3.05, 3.63) is 48.5 Å². The van der Waals surface area contributed by atoms with E-state index in [1.54, 1.807) is 0 Å². The molecule has 1 aromatic carbocycles. The van der Waals surface area contributed by atoms with Crippen molar-refractivity contribution in [1.29, 1.82) is 0 Å². The highest BCUT2D eigenvalue weighted by Crippen LogP contribution is 2.21. The van der Waals surface area contributed by atoms with Gasteiger partial charge in [-0.25, -0.2) is 0 Å². The molecule has 0 aliphatic carbocycles. The quantitative estimate of drug-likeness (QED) is 0.171. The summed E-state index contributed by atoms with van der Waals surface area (Å²) in [4.78, 5) is 37.5. The minimum Gasteiger partial charge on any atom is -0.316 e. The van der Waals surface area contributed by atoms with E-state index in [1.165, 1.54) is 6.07 Å². The Balaban J connectivity index is 2.40. The average Bonchev–Trinajstić information content (AvgIpc) is 2.43. The van der Waals surface area contributed by atoms with Crippen molar-refractivity contribution in [3.8, 4) is 0 Å². The summed E-state index contributed by atoms with van der Waals surface area (Å²) in [6.45, 7) is -0.119. The van der Waals surface area contributed by atoms with E-state index in [0.717, 1.165) is 6.07 Å². The van der Waals surface area contributed by atoms with Gasteiger partial charge in [0.2, 0.25) is 0 Å². The van der Waals surface area contributed by atoms with E-state index in [-0.39, 0.29) is 35.4 Å². The third-order valence-corrected chi connectivity index (χ3v) is 3.68. The van der Waals surface area contributed by atoms with Crippen molar-refractivity contribution in [2.24, 2.45) is 0 Å². The Morgan fingerprint density at radius 1 is 1.22 bits per heavy atom. The number of nitro groups is 1. The van der Waals surface area contributed by atoms with Gasteiger partial charge in [-0.05, 0) is 5.56 Å². The zero-order valence-corrected chi connectivity index (χ0v) is 12.3. The molecular weight excluding hydrogens is 332 g/mol. The number of nitrogens with one attached hydrogen (secondary N) is 3. The topological polar surface area (TPSA) is 175 Å². The van der Waals surface area contributed by atoms with Crippen LogP contribution in [0.5, 0.6) is 0 Å². The second-order valence-electron chi connectivity index (χ2n) is 4.66. The van der Waals surface area contributed by atoms with Crippen molar-refractivity contribution in [2.45, 2.75) is 6.54 Å². The molecular formula is C11H12N4O7S. The van der Waals surface area contributed by atoms with E-state index in [0.29, 0.717) is 0 Å². The number of aromatic nitrogens is 2. The third kappa shape index (κ3) is 4.21. The third-order valence-electron chi connectivity index (χ3n) is 2.96. The molecule has 0 saturated heterocycles. The summed E-state index contributed by atoms with van der Waals surface area (Å²) in [5, 5.41) is 13.6. The zero-order valence-electron chi connectivity index (χ0n) is 11.5. The van der Waals surface area contributed by atoms with Gasteiger partial charge in [0.15, 0.2) is 0 Å². The SMILES string of the molecule is O=c1[nH]c2cc([N+](=O)[O-])cc(CNCCS(=O)(=O)O)c2[nH]c1=O. The van der Waals surface area contributed by atoms with Gasteiger partial charge < -0.3 is 15.3 Å². The van der Waals surface area contributed by atoms with Crippen molar-refractivity contribution in [3.63, 3.8) is 0 Å². The number of hydrogen-bond acceptors (Lipinski definition) is 7. The van der Waals surface area contributed by atoms with E-state index in [2.05, 4.69) is 15.3 Å². The molecule has 0 atom stereocenters. The van der Waals surface area contributed by atoms with Gasteiger partial charge in [-0.3, -0.25) is 24.3 Å². The molecule has 0 radical (unpaired) electrons. The molecule has 2 aromatic rings. The Morgan fingerprint density at radius 3 is 2.48 bits per heavy atom. The maximum atomic E-state index is 11.4. The zero-order chi connectivity index (χ0) is 17.2. The van der Waals surface area contributed by atoms with E-state index in [4.69, 9.17) is 4.55 Å². The Kier molecular flexibility index (Phi) is 4.58. The molecule has 0 saturated carbocycles. The summed E-state index contributed by atoms with van der Waals surface area (Å²) >= 11 is 0. The Labute approximate surface area is 128 Å². The minimum atomic E-state index is -4.13. The minimum absolute atomic E-state index is 0.0182.